The fraction of sp³-hybridized carbons (Fsp3) is 0.706. The monoisotopic (exact) mass is 818 g/mol. The van der Waals surface area contributed by atoms with E-state index < -0.39 is 134 Å². The molecule has 0 rings (SSSR count). The molecular formula is C34H58N8O15. The molecule has 0 heterocycles. The van der Waals surface area contributed by atoms with Crippen LogP contribution in [-0.4, -0.2) is 139 Å². The highest BCUT2D eigenvalue weighted by Gasteiger charge is 2.30. The van der Waals surface area contributed by atoms with Gasteiger partial charge in [-0.1, -0.05) is 0 Å². The van der Waals surface area contributed by atoms with Gasteiger partial charge in [0.1, 0.15) is 35.3 Å². The number of esters is 2. The minimum atomic E-state index is -1.52. The second-order valence-corrected chi connectivity index (χ2v) is 15.1. The Morgan fingerprint density at radius 1 is 0.544 bits per heavy atom. The summed E-state index contributed by atoms with van der Waals surface area (Å²) in [7, 11) is 0. The van der Waals surface area contributed by atoms with E-state index in [0.29, 0.717) is 0 Å². The Hall–Kier alpha value is -5.58. The molecule has 8 amide bonds. The van der Waals surface area contributed by atoms with Gasteiger partial charge in [-0.25, -0.2) is 9.59 Å². The number of rotatable bonds is 22. The molecule has 0 fully saturated rings. The predicted octanol–water partition coefficient (Wildman–Crippen LogP) is -3.16. The number of ether oxygens (including phenoxy) is 3. The normalized spacial score (nSPS) is 12.3. The maximum atomic E-state index is 12.8. The molecule has 2 atom stereocenters. The molecule has 0 radical (unpaired) electrons. The summed E-state index contributed by atoms with van der Waals surface area (Å²) in [6.07, 6.45) is -2.26. The zero-order valence-electron chi connectivity index (χ0n) is 33.9. The number of hydrogen-bond acceptors (Lipinski definition) is 15. The van der Waals surface area contributed by atoms with Crippen LogP contribution in [0.25, 0.3) is 0 Å². The van der Waals surface area contributed by atoms with E-state index in [1.165, 1.54) is 0 Å². The number of amides is 8. The zero-order chi connectivity index (χ0) is 44.0. The van der Waals surface area contributed by atoms with Crippen molar-refractivity contribution < 1.29 is 72.1 Å². The van der Waals surface area contributed by atoms with Gasteiger partial charge >= 0.3 is 18.0 Å². The Labute approximate surface area is 330 Å². The van der Waals surface area contributed by atoms with Crippen molar-refractivity contribution in [3.8, 4) is 0 Å². The molecule has 0 aromatic rings. The van der Waals surface area contributed by atoms with Gasteiger partial charge in [0.05, 0.1) is 39.4 Å². The van der Waals surface area contributed by atoms with Crippen LogP contribution in [0.1, 0.15) is 81.6 Å². The average Bonchev–Trinajstić information content (AvgIpc) is 3.05. The Morgan fingerprint density at radius 3 is 1.47 bits per heavy atom. The third kappa shape index (κ3) is 28.5. The Morgan fingerprint density at radius 2 is 1.00 bits per heavy atom. The Kier molecular flexibility index (Phi) is 22.4. The fourth-order valence-electron chi connectivity index (χ4n) is 3.84. The Balaban J connectivity index is 4.62. The van der Waals surface area contributed by atoms with Crippen molar-refractivity contribution in [3.05, 3.63) is 0 Å². The molecule has 0 aliphatic heterocycles. The first-order valence-corrected chi connectivity index (χ1v) is 17.8. The molecule has 0 saturated carbocycles. The SMILES string of the molecule is CC(C)(C)OC(=O)CC(=O)N[C@@H](CCC(=O)N[C@@H](CO)C(=O)NCC(=O)NCC(=O)NCC(=O)NCC(=O)NCCONC(=O)OC(C)(C)C)C(=O)OC(C)(C)C. The lowest BCUT2D eigenvalue weighted by Gasteiger charge is -2.25. The number of carbonyl (C=O) groups excluding carboxylic acids is 10. The molecule has 0 unspecified atom stereocenters. The van der Waals surface area contributed by atoms with Gasteiger partial charge in [0.25, 0.3) is 0 Å². The summed E-state index contributed by atoms with van der Waals surface area (Å²) in [5.41, 5.74) is -0.486. The fourth-order valence-corrected chi connectivity index (χ4v) is 3.84. The highest BCUT2D eigenvalue weighted by molar-refractivity contribution is 5.96. The number of hydrogen-bond donors (Lipinski definition) is 9. The smallest absolute Gasteiger partial charge is 0.431 e. The summed E-state index contributed by atoms with van der Waals surface area (Å²) in [5.74, 6) is -7.29. The molecule has 23 heteroatoms. The van der Waals surface area contributed by atoms with Gasteiger partial charge in [0.2, 0.25) is 41.4 Å². The third-order valence-corrected chi connectivity index (χ3v) is 6.09. The van der Waals surface area contributed by atoms with Gasteiger partial charge in [-0.2, -0.15) is 5.48 Å². The van der Waals surface area contributed by atoms with Gasteiger partial charge < -0.3 is 56.5 Å². The lowest BCUT2D eigenvalue weighted by Crippen LogP contribution is -2.51. The van der Waals surface area contributed by atoms with Crippen LogP contribution in [0.4, 0.5) is 4.79 Å². The van der Waals surface area contributed by atoms with Gasteiger partial charge in [-0.3, -0.25) is 43.2 Å². The summed E-state index contributed by atoms with van der Waals surface area (Å²) in [6.45, 7) is 11.4. The van der Waals surface area contributed by atoms with Crippen molar-refractivity contribution in [1.29, 1.82) is 0 Å². The van der Waals surface area contributed by atoms with Crippen LogP contribution in [-0.2, 0) is 62.2 Å². The summed E-state index contributed by atoms with van der Waals surface area (Å²) in [6, 6.07) is -2.88. The first-order valence-electron chi connectivity index (χ1n) is 17.8. The van der Waals surface area contributed by atoms with Crippen LogP contribution in [0.15, 0.2) is 0 Å². The molecule has 0 aromatic heterocycles. The third-order valence-electron chi connectivity index (χ3n) is 6.09. The molecular weight excluding hydrogens is 760 g/mol. The van der Waals surface area contributed by atoms with E-state index in [0.717, 1.165) is 0 Å². The Bertz CT molecular complexity index is 1430. The molecule has 23 nitrogen and oxygen atoms in total. The van der Waals surface area contributed by atoms with Crippen molar-refractivity contribution in [1.82, 2.24) is 42.7 Å². The predicted molar refractivity (Wildman–Crippen MR) is 197 cm³/mol. The van der Waals surface area contributed by atoms with Crippen LogP contribution in [0.5, 0.6) is 0 Å². The number of aliphatic hydroxyl groups is 1. The van der Waals surface area contributed by atoms with Crippen molar-refractivity contribution >= 4 is 59.4 Å². The van der Waals surface area contributed by atoms with Gasteiger partial charge in [-0.05, 0) is 68.7 Å². The number of aliphatic hydroxyl groups excluding tert-OH is 1. The van der Waals surface area contributed by atoms with E-state index in [-0.39, 0.29) is 19.6 Å². The number of hydroxylamine groups is 1. The van der Waals surface area contributed by atoms with Crippen LogP contribution in [0, 0.1) is 0 Å². The van der Waals surface area contributed by atoms with Crippen molar-refractivity contribution in [2.45, 2.75) is 110 Å². The minimum Gasteiger partial charge on any atom is -0.460 e. The van der Waals surface area contributed by atoms with Crippen LogP contribution >= 0.6 is 0 Å². The van der Waals surface area contributed by atoms with Gasteiger partial charge in [-0.15, -0.1) is 0 Å². The molecule has 324 valence electrons. The first-order chi connectivity index (χ1) is 26.2. The molecule has 0 aromatic carbocycles. The summed E-state index contributed by atoms with van der Waals surface area (Å²) >= 11 is 0. The zero-order valence-corrected chi connectivity index (χ0v) is 33.9. The van der Waals surface area contributed by atoms with E-state index in [9.17, 15) is 53.1 Å². The lowest BCUT2D eigenvalue weighted by molar-refractivity contribution is -0.161. The lowest BCUT2D eigenvalue weighted by atomic mass is 10.1. The molecule has 0 bridgehead atoms. The largest absolute Gasteiger partial charge is 0.460 e. The van der Waals surface area contributed by atoms with Crippen molar-refractivity contribution in [2.24, 2.45) is 0 Å². The highest BCUT2D eigenvalue weighted by Crippen LogP contribution is 2.12. The van der Waals surface area contributed by atoms with Crippen molar-refractivity contribution in [2.75, 3.05) is 45.9 Å². The minimum absolute atomic E-state index is 0.00260. The second-order valence-electron chi connectivity index (χ2n) is 15.1. The maximum Gasteiger partial charge on any atom is 0.431 e. The van der Waals surface area contributed by atoms with Crippen molar-refractivity contribution in [3.63, 3.8) is 0 Å². The second kappa shape index (κ2) is 24.8. The van der Waals surface area contributed by atoms with E-state index in [1.807, 2.05) is 5.48 Å². The molecule has 0 spiro atoms. The van der Waals surface area contributed by atoms with Crippen LogP contribution in [0.2, 0.25) is 0 Å². The van der Waals surface area contributed by atoms with E-state index in [4.69, 9.17) is 19.0 Å². The molecule has 9 N–H and O–H groups in total. The van der Waals surface area contributed by atoms with Crippen LogP contribution in [0.3, 0.4) is 0 Å². The quantitative estimate of drug-likeness (QED) is 0.0171. The molecule has 0 saturated heterocycles. The number of carbonyl (C=O) groups is 10. The summed E-state index contributed by atoms with van der Waals surface area (Å²) < 4.78 is 15.4. The first kappa shape index (κ1) is 51.4. The van der Waals surface area contributed by atoms with E-state index in [2.05, 4.69) is 37.2 Å². The van der Waals surface area contributed by atoms with E-state index in [1.54, 1.807) is 62.3 Å². The van der Waals surface area contributed by atoms with Crippen LogP contribution < -0.4 is 42.7 Å². The average molecular weight is 819 g/mol. The molecule has 0 aliphatic carbocycles. The molecule has 0 aliphatic rings. The summed E-state index contributed by atoms with van der Waals surface area (Å²) in [5, 5.41) is 25.5. The summed E-state index contributed by atoms with van der Waals surface area (Å²) in [4.78, 5) is 127. The number of nitrogens with one attached hydrogen (secondary N) is 8. The molecule has 57 heavy (non-hydrogen) atoms. The topological polar surface area (TPSA) is 324 Å². The van der Waals surface area contributed by atoms with E-state index >= 15 is 0 Å². The standard InChI is InChI=1S/C34H58N8O15/c1-32(2,3)55-28(50)14-23(45)40-20(30(52)56-33(4,5)6)10-11-22(44)41-21(19-43)29(51)39-18-27(49)38-17-26(48)37-16-25(47)36-15-24(46)35-12-13-54-42-31(53)57-34(7,8)9/h20-21,43H,10-19H2,1-9H3,(H,35,46)(H,36,47)(H,37,48)(H,38,49)(H,39,51)(H,40,45)(H,41,44)(H,42,53)/t20-,21-/m0/s1. The maximum absolute atomic E-state index is 12.8. The van der Waals surface area contributed by atoms with Gasteiger partial charge in [0.15, 0.2) is 0 Å². The highest BCUT2D eigenvalue weighted by atomic mass is 16.7. The van der Waals surface area contributed by atoms with Gasteiger partial charge in [0, 0.05) is 13.0 Å².